The molecule has 1 aromatic heterocycles. The van der Waals surface area contributed by atoms with Crippen LogP contribution in [0.1, 0.15) is 5.56 Å². The Balaban J connectivity index is 2.24. The molecule has 0 amide bonds. The van der Waals surface area contributed by atoms with Gasteiger partial charge < -0.3 is 10.8 Å². The van der Waals surface area contributed by atoms with Crippen LogP contribution in [-0.2, 0) is 23.6 Å². The SMILES string of the molecule is Cn1ncc(Cl)c1S(=O)(=O)NCc1cc(N)ccc1O. The standard InChI is InChI=1S/C11H13ClN4O3S/c1-16-11(9(12)6-14-16)20(18,19)15-5-7-4-8(13)2-3-10(7)17/h2-4,6,15,17H,5,13H2,1H3. The van der Waals surface area contributed by atoms with Crippen molar-refractivity contribution in [3.8, 4) is 5.75 Å². The normalized spacial score (nSPS) is 11.7. The fourth-order valence-electron chi connectivity index (χ4n) is 1.69. The molecule has 0 bridgehead atoms. The van der Waals surface area contributed by atoms with Gasteiger partial charge >= 0.3 is 0 Å². The molecule has 0 saturated heterocycles. The van der Waals surface area contributed by atoms with Crippen LogP contribution < -0.4 is 10.5 Å². The number of aryl methyl sites for hydroxylation is 1. The number of hydrogen-bond acceptors (Lipinski definition) is 5. The summed E-state index contributed by atoms with van der Waals surface area (Å²) >= 11 is 5.80. The zero-order valence-corrected chi connectivity index (χ0v) is 12.1. The Labute approximate surface area is 121 Å². The Bertz CT molecular complexity index is 723. The molecule has 2 rings (SSSR count). The minimum Gasteiger partial charge on any atom is -0.508 e. The highest BCUT2D eigenvalue weighted by Gasteiger charge is 2.22. The summed E-state index contributed by atoms with van der Waals surface area (Å²) in [6.07, 6.45) is 1.24. The molecule has 1 heterocycles. The van der Waals surface area contributed by atoms with Gasteiger partial charge in [0.1, 0.15) is 5.75 Å². The number of aromatic nitrogens is 2. The molecule has 20 heavy (non-hydrogen) atoms. The Hall–Kier alpha value is -1.77. The first kappa shape index (κ1) is 14.6. The largest absolute Gasteiger partial charge is 0.508 e. The zero-order valence-electron chi connectivity index (χ0n) is 10.5. The number of nitrogens with one attached hydrogen (secondary N) is 1. The zero-order chi connectivity index (χ0) is 14.9. The van der Waals surface area contributed by atoms with Crippen molar-refractivity contribution in [2.45, 2.75) is 11.6 Å². The fraction of sp³-hybridized carbons (Fsp3) is 0.182. The van der Waals surface area contributed by atoms with E-state index in [1.54, 1.807) is 0 Å². The van der Waals surface area contributed by atoms with E-state index in [-0.39, 0.29) is 22.3 Å². The number of phenolic OH excluding ortho intramolecular Hbond substituents is 1. The van der Waals surface area contributed by atoms with Gasteiger partial charge in [-0.3, -0.25) is 4.68 Å². The number of rotatable bonds is 4. The second-order valence-corrected chi connectivity index (χ2v) is 6.22. The summed E-state index contributed by atoms with van der Waals surface area (Å²) in [7, 11) is -2.37. The van der Waals surface area contributed by atoms with Crippen LogP contribution in [0.3, 0.4) is 0 Å². The lowest BCUT2D eigenvalue weighted by molar-refractivity contribution is 0.467. The second-order valence-electron chi connectivity index (χ2n) is 4.13. The van der Waals surface area contributed by atoms with E-state index in [4.69, 9.17) is 17.3 Å². The van der Waals surface area contributed by atoms with E-state index >= 15 is 0 Å². The fourth-order valence-corrected chi connectivity index (χ4v) is 3.35. The summed E-state index contributed by atoms with van der Waals surface area (Å²) in [5, 5.41) is 13.3. The summed E-state index contributed by atoms with van der Waals surface area (Å²) in [4.78, 5) is 0. The van der Waals surface area contributed by atoms with Crippen LogP contribution in [0, 0.1) is 0 Å². The van der Waals surface area contributed by atoms with Crippen LogP contribution in [-0.4, -0.2) is 23.3 Å². The predicted molar refractivity (Wildman–Crippen MR) is 74.8 cm³/mol. The van der Waals surface area contributed by atoms with E-state index in [9.17, 15) is 13.5 Å². The first-order valence-electron chi connectivity index (χ1n) is 5.56. The molecule has 0 saturated carbocycles. The number of phenols is 1. The third-order valence-corrected chi connectivity index (χ3v) is 4.56. The van der Waals surface area contributed by atoms with Gasteiger partial charge in [-0.2, -0.15) is 5.10 Å². The third-order valence-electron chi connectivity index (χ3n) is 2.65. The number of benzene rings is 1. The average molecular weight is 317 g/mol. The lowest BCUT2D eigenvalue weighted by Gasteiger charge is -2.09. The maximum absolute atomic E-state index is 12.1. The van der Waals surface area contributed by atoms with E-state index in [0.29, 0.717) is 11.3 Å². The van der Waals surface area contributed by atoms with Crippen molar-refractivity contribution < 1.29 is 13.5 Å². The molecule has 1 aromatic carbocycles. The van der Waals surface area contributed by atoms with Gasteiger partial charge in [0, 0.05) is 24.8 Å². The van der Waals surface area contributed by atoms with Gasteiger partial charge in [-0.1, -0.05) is 11.6 Å². The maximum atomic E-state index is 12.1. The van der Waals surface area contributed by atoms with Crippen molar-refractivity contribution in [2.24, 2.45) is 7.05 Å². The Morgan fingerprint density at radius 3 is 2.80 bits per heavy atom. The van der Waals surface area contributed by atoms with Crippen molar-refractivity contribution in [1.82, 2.24) is 14.5 Å². The van der Waals surface area contributed by atoms with Crippen LogP contribution in [0.5, 0.6) is 5.75 Å². The van der Waals surface area contributed by atoms with Gasteiger partial charge in [-0.05, 0) is 18.2 Å². The lowest BCUT2D eigenvalue weighted by atomic mass is 10.2. The predicted octanol–water partition coefficient (Wildman–Crippen LogP) is 0.840. The van der Waals surface area contributed by atoms with E-state index in [2.05, 4.69) is 9.82 Å². The van der Waals surface area contributed by atoms with Crippen LogP contribution >= 0.6 is 11.6 Å². The highest BCUT2D eigenvalue weighted by molar-refractivity contribution is 7.89. The lowest BCUT2D eigenvalue weighted by Crippen LogP contribution is -2.25. The minimum atomic E-state index is -3.84. The molecule has 108 valence electrons. The van der Waals surface area contributed by atoms with Gasteiger partial charge in [-0.15, -0.1) is 0 Å². The maximum Gasteiger partial charge on any atom is 0.259 e. The van der Waals surface area contributed by atoms with E-state index in [1.807, 2.05) is 0 Å². The third kappa shape index (κ3) is 2.87. The molecule has 0 fully saturated rings. The molecule has 0 spiro atoms. The van der Waals surface area contributed by atoms with E-state index in [1.165, 1.54) is 31.4 Å². The second kappa shape index (κ2) is 5.31. The molecule has 4 N–H and O–H groups in total. The van der Waals surface area contributed by atoms with E-state index in [0.717, 1.165) is 4.68 Å². The quantitative estimate of drug-likeness (QED) is 0.572. The molecular formula is C11H13ClN4O3S. The molecule has 7 nitrogen and oxygen atoms in total. The highest BCUT2D eigenvalue weighted by atomic mass is 35.5. The number of aromatic hydroxyl groups is 1. The highest BCUT2D eigenvalue weighted by Crippen LogP contribution is 2.22. The van der Waals surface area contributed by atoms with E-state index < -0.39 is 10.0 Å². The number of anilines is 1. The summed E-state index contributed by atoms with van der Waals surface area (Å²) in [5.74, 6) is -0.0435. The first-order valence-corrected chi connectivity index (χ1v) is 7.42. The molecule has 2 aromatic rings. The van der Waals surface area contributed by atoms with Crippen molar-refractivity contribution >= 4 is 27.3 Å². The monoisotopic (exact) mass is 316 g/mol. The van der Waals surface area contributed by atoms with Gasteiger partial charge in [0.15, 0.2) is 5.03 Å². The van der Waals surface area contributed by atoms with Crippen molar-refractivity contribution in [1.29, 1.82) is 0 Å². The van der Waals surface area contributed by atoms with Gasteiger partial charge in [0.05, 0.1) is 11.2 Å². The van der Waals surface area contributed by atoms with Crippen LogP contribution in [0.25, 0.3) is 0 Å². The first-order chi connectivity index (χ1) is 9.31. The smallest absolute Gasteiger partial charge is 0.259 e. The van der Waals surface area contributed by atoms with Crippen molar-refractivity contribution in [3.63, 3.8) is 0 Å². The number of hydrogen-bond donors (Lipinski definition) is 3. The Morgan fingerprint density at radius 2 is 2.20 bits per heavy atom. The summed E-state index contributed by atoms with van der Waals surface area (Å²) in [6.45, 7) is -0.110. The molecule has 0 radical (unpaired) electrons. The molecule has 0 unspecified atom stereocenters. The Kier molecular flexibility index (Phi) is 3.89. The van der Waals surface area contributed by atoms with Crippen LogP contribution in [0.15, 0.2) is 29.4 Å². The molecule has 0 aliphatic carbocycles. The van der Waals surface area contributed by atoms with Crippen LogP contribution in [0.4, 0.5) is 5.69 Å². The van der Waals surface area contributed by atoms with Crippen LogP contribution in [0.2, 0.25) is 5.02 Å². The number of sulfonamides is 1. The molecule has 0 atom stereocenters. The number of nitrogens with two attached hydrogens (primary N) is 1. The summed E-state index contributed by atoms with van der Waals surface area (Å²) in [6, 6.07) is 4.41. The summed E-state index contributed by atoms with van der Waals surface area (Å²) < 4.78 is 27.8. The molecule has 0 aliphatic heterocycles. The Morgan fingerprint density at radius 1 is 1.50 bits per heavy atom. The number of nitrogens with zero attached hydrogens (tertiary/aromatic N) is 2. The van der Waals surface area contributed by atoms with Gasteiger partial charge in [0.25, 0.3) is 10.0 Å². The summed E-state index contributed by atoms with van der Waals surface area (Å²) in [5.41, 5.74) is 6.38. The van der Waals surface area contributed by atoms with Gasteiger partial charge in [-0.25, -0.2) is 13.1 Å². The average Bonchev–Trinajstić information content (AvgIpc) is 2.71. The topological polar surface area (TPSA) is 110 Å². The van der Waals surface area contributed by atoms with Crippen molar-refractivity contribution in [3.05, 3.63) is 35.0 Å². The minimum absolute atomic E-state index is 0.0248. The molecular weight excluding hydrogens is 304 g/mol. The van der Waals surface area contributed by atoms with Gasteiger partial charge in [0.2, 0.25) is 0 Å². The molecule has 0 aliphatic rings. The molecule has 9 heteroatoms. The number of halogens is 1. The van der Waals surface area contributed by atoms with Crippen molar-refractivity contribution in [2.75, 3.05) is 5.73 Å². The number of nitrogen functional groups attached to an aromatic ring is 1.